The van der Waals surface area contributed by atoms with E-state index in [9.17, 15) is 9.59 Å². The second-order valence-corrected chi connectivity index (χ2v) is 6.56. The minimum atomic E-state index is -0.262. The SMILES string of the molecule is COc1ccc(CCNC(=O)Nc2ccc(C(=O)N3CCCC3)cc2)cc1. The quantitative estimate of drug-likeness (QED) is 0.823. The predicted octanol–water partition coefficient (Wildman–Crippen LogP) is 3.30. The van der Waals surface area contributed by atoms with Gasteiger partial charge in [-0.1, -0.05) is 12.1 Å². The van der Waals surface area contributed by atoms with Crippen molar-refractivity contribution in [1.29, 1.82) is 0 Å². The van der Waals surface area contributed by atoms with Crippen molar-refractivity contribution in [2.24, 2.45) is 0 Å². The number of urea groups is 1. The lowest BCUT2D eigenvalue weighted by Gasteiger charge is -2.15. The minimum absolute atomic E-state index is 0.0583. The van der Waals surface area contributed by atoms with Crippen molar-refractivity contribution in [3.63, 3.8) is 0 Å². The van der Waals surface area contributed by atoms with Gasteiger partial charge in [0.15, 0.2) is 0 Å². The number of anilines is 1. The van der Waals surface area contributed by atoms with E-state index in [0.29, 0.717) is 17.8 Å². The van der Waals surface area contributed by atoms with Crippen LogP contribution in [0.25, 0.3) is 0 Å². The number of hydrogen-bond donors (Lipinski definition) is 2. The second kappa shape index (κ2) is 9.07. The van der Waals surface area contributed by atoms with Gasteiger partial charge in [0.05, 0.1) is 7.11 Å². The number of methoxy groups -OCH3 is 1. The number of likely N-dealkylation sites (tertiary alicyclic amines) is 1. The molecule has 3 amide bonds. The summed E-state index contributed by atoms with van der Waals surface area (Å²) in [6, 6.07) is 14.5. The number of ether oxygens (including phenoxy) is 1. The number of benzene rings is 2. The van der Waals surface area contributed by atoms with Gasteiger partial charge in [0.2, 0.25) is 0 Å². The number of rotatable bonds is 6. The maximum atomic E-state index is 12.3. The van der Waals surface area contributed by atoms with E-state index in [0.717, 1.165) is 43.7 Å². The minimum Gasteiger partial charge on any atom is -0.497 e. The average molecular weight is 367 g/mol. The van der Waals surface area contributed by atoms with E-state index in [4.69, 9.17) is 4.74 Å². The van der Waals surface area contributed by atoms with E-state index in [-0.39, 0.29) is 11.9 Å². The fourth-order valence-electron chi connectivity index (χ4n) is 3.09. The van der Waals surface area contributed by atoms with Gasteiger partial charge in [0, 0.05) is 30.9 Å². The van der Waals surface area contributed by atoms with Crippen LogP contribution in [-0.4, -0.2) is 43.6 Å². The average Bonchev–Trinajstić information content (AvgIpc) is 3.23. The summed E-state index contributed by atoms with van der Waals surface area (Å²) >= 11 is 0. The molecule has 0 aromatic heterocycles. The first-order valence-electron chi connectivity index (χ1n) is 9.23. The van der Waals surface area contributed by atoms with Gasteiger partial charge in [-0.05, 0) is 61.2 Å². The Bertz CT molecular complexity index is 766. The monoisotopic (exact) mass is 367 g/mol. The molecule has 2 aromatic rings. The number of hydrogen-bond acceptors (Lipinski definition) is 3. The van der Waals surface area contributed by atoms with Crippen LogP contribution >= 0.6 is 0 Å². The molecular formula is C21H25N3O3. The molecule has 0 radical (unpaired) electrons. The normalized spacial score (nSPS) is 13.3. The Labute approximate surface area is 159 Å². The molecule has 6 nitrogen and oxygen atoms in total. The van der Waals surface area contributed by atoms with Crippen LogP contribution in [0.2, 0.25) is 0 Å². The third-order valence-corrected chi connectivity index (χ3v) is 4.64. The van der Waals surface area contributed by atoms with E-state index >= 15 is 0 Å². The summed E-state index contributed by atoms with van der Waals surface area (Å²) in [6.45, 7) is 2.19. The molecule has 1 fully saturated rings. The van der Waals surface area contributed by atoms with Gasteiger partial charge < -0.3 is 20.3 Å². The molecule has 1 saturated heterocycles. The van der Waals surface area contributed by atoms with Crippen LogP contribution in [-0.2, 0) is 6.42 Å². The van der Waals surface area contributed by atoms with Crippen LogP contribution in [0.3, 0.4) is 0 Å². The lowest BCUT2D eigenvalue weighted by molar-refractivity contribution is 0.0793. The summed E-state index contributed by atoms with van der Waals surface area (Å²) in [7, 11) is 1.63. The standard InChI is InChI=1S/C21H25N3O3/c1-27-19-10-4-16(5-11-19)12-13-22-21(26)23-18-8-6-17(7-9-18)20(25)24-14-2-3-15-24/h4-11H,2-3,12-15H2,1H3,(H2,22,23,26). The van der Waals surface area contributed by atoms with Crippen molar-refractivity contribution in [3.05, 3.63) is 59.7 Å². The molecule has 0 aliphatic carbocycles. The first-order chi connectivity index (χ1) is 13.2. The highest BCUT2D eigenvalue weighted by Gasteiger charge is 2.19. The molecule has 1 heterocycles. The highest BCUT2D eigenvalue weighted by Crippen LogP contribution is 2.15. The zero-order valence-electron chi connectivity index (χ0n) is 15.5. The van der Waals surface area contributed by atoms with Crippen LogP contribution < -0.4 is 15.4 Å². The van der Waals surface area contributed by atoms with E-state index in [1.165, 1.54) is 0 Å². The Kier molecular flexibility index (Phi) is 6.30. The number of amides is 3. The molecule has 1 aliphatic heterocycles. The van der Waals surface area contributed by atoms with Gasteiger partial charge >= 0.3 is 6.03 Å². The first kappa shape index (κ1) is 18.8. The van der Waals surface area contributed by atoms with Crippen molar-refractivity contribution in [3.8, 4) is 5.75 Å². The van der Waals surface area contributed by atoms with Gasteiger partial charge in [-0.25, -0.2) is 4.79 Å². The van der Waals surface area contributed by atoms with Gasteiger partial charge in [0.25, 0.3) is 5.91 Å². The van der Waals surface area contributed by atoms with Crippen LogP contribution in [0.5, 0.6) is 5.75 Å². The maximum absolute atomic E-state index is 12.3. The third kappa shape index (κ3) is 5.23. The van der Waals surface area contributed by atoms with Crippen LogP contribution in [0.4, 0.5) is 10.5 Å². The van der Waals surface area contributed by atoms with Crippen molar-refractivity contribution in [2.45, 2.75) is 19.3 Å². The Hall–Kier alpha value is -3.02. The Morgan fingerprint density at radius 1 is 1.00 bits per heavy atom. The molecule has 142 valence electrons. The van der Waals surface area contributed by atoms with Crippen LogP contribution in [0.1, 0.15) is 28.8 Å². The molecule has 0 spiro atoms. The number of carbonyl (C=O) groups is 2. The summed E-state index contributed by atoms with van der Waals surface area (Å²) in [5.41, 5.74) is 2.44. The van der Waals surface area contributed by atoms with E-state index < -0.39 is 0 Å². The van der Waals surface area contributed by atoms with Gasteiger partial charge in [-0.15, -0.1) is 0 Å². The number of nitrogens with one attached hydrogen (secondary N) is 2. The van der Waals surface area contributed by atoms with Crippen molar-refractivity contribution >= 4 is 17.6 Å². The molecule has 6 heteroatoms. The zero-order valence-corrected chi connectivity index (χ0v) is 15.5. The number of carbonyl (C=O) groups excluding carboxylic acids is 2. The summed E-state index contributed by atoms with van der Waals surface area (Å²) in [4.78, 5) is 26.2. The highest BCUT2D eigenvalue weighted by atomic mass is 16.5. The second-order valence-electron chi connectivity index (χ2n) is 6.56. The summed E-state index contributed by atoms with van der Waals surface area (Å²) in [5, 5.41) is 5.62. The number of nitrogens with zero attached hydrogens (tertiary/aromatic N) is 1. The molecule has 1 aliphatic rings. The molecule has 3 rings (SSSR count). The largest absolute Gasteiger partial charge is 0.497 e. The van der Waals surface area contributed by atoms with E-state index in [1.807, 2.05) is 29.2 Å². The van der Waals surface area contributed by atoms with Crippen molar-refractivity contribution in [1.82, 2.24) is 10.2 Å². The van der Waals surface area contributed by atoms with Crippen LogP contribution in [0, 0.1) is 0 Å². The molecule has 0 unspecified atom stereocenters. The summed E-state index contributed by atoms with van der Waals surface area (Å²) < 4.78 is 5.13. The van der Waals surface area contributed by atoms with Gasteiger partial charge in [0.1, 0.15) is 5.75 Å². The smallest absolute Gasteiger partial charge is 0.319 e. The fraction of sp³-hybridized carbons (Fsp3) is 0.333. The topological polar surface area (TPSA) is 70.7 Å². The Morgan fingerprint density at radius 3 is 2.30 bits per heavy atom. The lowest BCUT2D eigenvalue weighted by atomic mass is 10.1. The Balaban J connectivity index is 1.43. The summed E-state index contributed by atoms with van der Waals surface area (Å²) in [6.07, 6.45) is 2.88. The summed E-state index contributed by atoms with van der Waals surface area (Å²) in [5.74, 6) is 0.874. The maximum Gasteiger partial charge on any atom is 0.319 e. The van der Waals surface area contributed by atoms with Crippen molar-refractivity contribution < 1.29 is 14.3 Å². The Morgan fingerprint density at radius 2 is 1.67 bits per heavy atom. The molecule has 0 atom stereocenters. The van der Waals surface area contributed by atoms with E-state index in [2.05, 4.69) is 10.6 Å². The van der Waals surface area contributed by atoms with Crippen LogP contribution in [0.15, 0.2) is 48.5 Å². The lowest BCUT2D eigenvalue weighted by Crippen LogP contribution is -2.30. The molecule has 27 heavy (non-hydrogen) atoms. The van der Waals surface area contributed by atoms with Crippen molar-refractivity contribution in [2.75, 3.05) is 32.1 Å². The molecule has 2 aromatic carbocycles. The van der Waals surface area contributed by atoms with E-state index in [1.54, 1.807) is 31.4 Å². The zero-order chi connectivity index (χ0) is 19.1. The molecular weight excluding hydrogens is 342 g/mol. The molecule has 0 saturated carbocycles. The molecule has 2 N–H and O–H groups in total. The van der Waals surface area contributed by atoms with Gasteiger partial charge in [-0.3, -0.25) is 4.79 Å². The third-order valence-electron chi connectivity index (χ3n) is 4.64. The van der Waals surface area contributed by atoms with Gasteiger partial charge in [-0.2, -0.15) is 0 Å². The molecule has 0 bridgehead atoms. The fourth-order valence-corrected chi connectivity index (χ4v) is 3.09. The highest BCUT2D eigenvalue weighted by molar-refractivity contribution is 5.95. The predicted molar refractivity (Wildman–Crippen MR) is 105 cm³/mol. The first-order valence-corrected chi connectivity index (χ1v) is 9.23.